The van der Waals surface area contributed by atoms with Gasteiger partial charge in [0.15, 0.2) is 11.5 Å². The van der Waals surface area contributed by atoms with E-state index < -0.39 is 5.82 Å². The summed E-state index contributed by atoms with van der Waals surface area (Å²) in [4.78, 5) is 0. The summed E-state index contributed by atoms with van der Waals surface area (Å²) < 4.78 is 13.6. The molecule has 0 amide bonds. The zero-order chi connectivity index (χ0) is 11.7. The number of benzene rings is 1. The summed E-state index contributed by atoms with van der Waals surface area (Å²) in [6, 6.07) is 1.30. The van der Waals surface area contributed by atoms with Crippen molar-refractivity contribution in [1.82, 2.24) is 0 Å². The van der Waals surface area contributed by atoms with E-state index in [2.05, 4.69) is 0 Å². The predicted molar refractivity (Wildman–Crippen MR) is 57.9 cm³/mol. The van der Waals surface area contributed by atoms with Gasteiger partial charge in [0.2, 0.25) is 0 Å². The van der Waals surface area contributed by atoms with E-state index in [1.807, 2.05) is 13.8 Å². The van der Waals surface area contributed by atoms with Gasteiger partial charge < -0.3 is 10.2 Å². The van der Waals surface area contributed by atoms with Crippen LogP contribution in [0.2, 0.25) is 0 Å². The van der Waals surface area contributed by atoms with Gasteiger partial charge in [0.05, 0.1) is 0 Å². The van der Waals surface area contributed by atoms with E-state index in [1.54, 1.807) is 13.8 Å². The zero-order valence-electron chi connectivity index (χ0n) is 9.50. The van der Waals surface area contributed by atoms with Crippen molar-refractivity contribution in [2.24, 2.45) is 0 Å². The normalized spacial score (nSPS) is 11.4. The number of aromatic hydroxyl groups is 2. The highest BCUT2D eigenvalue weighted by Crippen LogP contribution is 2.41. The number of hydrogen-bond acceptors (Lipinski definition) is 2. The first kappa shape index (κ1) is 11.8. The molecule has 0 aromatic heterocycles. The first-order valence-corrected chi connectivity index (χ1v) is 5.10. The maximum Gasteiger partial charge on any atom is 0.164 e. The SMILES string of the molecule is CC(C)c1cc(F)c(C(C)C)c(O)c1O. The summed E-state index contributed by atoms with van der Waals surface area (Å²) in [6.45, 7) is 7.21. The lowest BCUT2D eigenvalue weighted by Crippen LogP contribution is -1.98. The molecule has 0 radical (unpaired) electrons. The van der Waals surface area contributed by atoms with Gasteiger partial charge in [0, 0.05) is 11.1 Å². The number of rotatable bonds is 2. The van der Waals surface area contributed by atoms with Crippen LogP contribution < -0.4 is 0 Å². The number of phenolic OH excluding ortho intramolecular Hbond substituents is 2. The minimum atomic E-state index is -0.455. The summed E-state index contributed by atoms with van der Waals surface area (Å²) in [5, 5.41) is 19.4. The van der Waals surface area contributed by atoms with E-state index in [0.29, 0.717) is 5.56 Å². The number of halogens is 1. The van der Waals surface area contributed by atoms with Crippen LogP contribution in [-0.2, 0) is 0 Å². The average molecular weight is 212 g/mol. The predicted octanol–water partition coefficient (Wildman–Crippen LogP) is 3.48. The van der Waals surface area contributed by atoms with Gasteiger partial charge in [-0.15, -0.1) is 0 Å². The minimum absolute atomic E-state index is 0.0217. The van der Waals surface area contributed by atoms with E-state index in [9.17, 15) is 14.6 Å². The first-order chi connectivity index (χ1) is 6.86. The van der Waals surface area contributed by atoms with Crippen LogP contribution in [-0.4, -0.2) is 10.2 Å². The molecule has 0 spiro atoms. The molecule has 0 fully saturated rings. The summed E-state index contributed by atoms with van der Waals surface area (Å²) in [5.41, 5.74) is 0.617. The number of hydrogen-bond donors (Lipinski definition) is 2. The highest BCUT2D eigenvalue weighted by Gasteiger charge is 2.20. The Morgan fingerprint density at radius 2 is 1.53 bits per heavy atom. The Morgan fingerprint density at radius 1 is 1.00 bits per heavy atom. The fraction of sp³-hybridized carbons (Fsp3) is 0.500. The monoisotopic (exact) mass is 212 g/mol. The van der Waals surface area contributed by atoms with Gasteiger partial charge in [-0.05, 0) is 17.9 Å². The van der Waals surface area contributed by atoms with Gasteiger partial charge in [-0.2, -0.15) is 0 Å². The molecule has 2 nitrogen and oxygen atoms in total. The Morgan fingerprint density at radius 3 is 1.93 bits per heavy atom. The summed E-state index contributed by atoms with van der Waals surface area (Å²) >= 11 is 0. The maximum absolute atomic E-state index is 13.6. The van der Waals surface area contributed by atoms with Crippen LogP contribution in [0.1, 0.15) is 50.7 Å². The highest BCUT2D eigenvalue weighted by molar-refractivity contribution is 5.52. The Hall–Kier alpha value is -1.25. The van der Waals surface area contributed by atoms with Crippen molar-refractivity contribution in [1.29, 1.82) is 0 Å². The molecule has 0 saturated carbocycles. The molecule has 0 aliphatic heterocycles. The second-order valence-corrected chi connectivity index (χ2v) is 4.37. The first-order valence-electron chi connectivity index (χ1n) is 5.10. The third-order valence-corrected chi connectivity index (χ3v) is 2.49. The van der Waals surface area contributed by atoms with E-state index >= 15 is 0 Å². The lowest BCUT2D eigenvalue weighted by molar-refractivity contribution is 0.385. The molecule has 0 heterocycles. The molecule has 0 aliphatic rings. The van der Waals surface area contributed by atoms with Crippen LogP contribution in [0.4, 0.5) is 4.39 Å². The molecule has 15 heavy (non-hydrogen) atoms. The second-order valence-electron chi connectivity index (χ2n) is 4.37. The molecule has 0 unspecified atom stereocenters. The van der Waals surface area contributed by atoms with Gasteiger partial charge in [-0.3, -0.25) is 0 Å². The van der Waals surface area contributed by atoms with E-state index in [0.717, 1.165) is 0 Å². The maximum atomic E-state index is 13.6. The van der Waals surface area contributed by atoms with Crippen molar-refractivity contribution >= 4 is 0 Å². The molecule has 1 aromatic rings. The minimum Gasteiger partial charge on any atom is -0.504 e. The summed E-state index contributed by atoms with van der Waals surface area (Å²) in [5.74, 6) is -1.16. The Labute approximate surface area is 89.4 Å². The van der Waals surface area contributed by atoms with Crippen LogP contribution in [0.25, 0.3) is 0 Å². The van der Waals surface area contributed by atoms with Gasteiger partial charge in [-0.25, -0.2) is 4.39 Å². The van der Waals surface area contributed by atoms with Crippen LogP contribution in [0.3, 0.4) is 0 Å². The molecule has 1 rings (SSSR count). The van der Waals surface area contributed by atoms with Gasteiger partial charge in [-0.1, -0.05) is 27.7 Å². The molecule has 0 atom stereocenters. The molecule has 0 bridgehead atoms. The van der Waals surface area contributed by atoms with Crippen molar-refractivity contribution < 1.29 is 14.6 Å². The Balaban J connectivity index is 3.44. The van der Waals surface area contributed by atoms with E-state index in [4.69, 9.17) is 0 Å². The van der Waals surface area contributed by atoms with Crippen LogP contribution in [0.15, 0.2) is 6.07 Å². The van der Waals surface area contributed by atoms with Crippen molar-refractivity contribution in [2.45, 2.75) is 39.5 Å². The van der Waals surface area contributed by atoms with Crippen molar-refractivity contribution in [3.05, 3.63) is 23.0 Å². The van der Waals surface area contributed by atoms with Crippen molar-refractivity contribution in [3.8, 4) is 11.5 Å². The third-order valence-electron chi connectivity index (χ3n) is 2.49. The van der Waals surface area contributed by atoms with Crippen LogP contribution >= 0.6 is 0 Å². The quantitative estimate of drug-likeness (QED) is 0.737. The van der Waals surface area contributed by atoms with Gasteiger partial charge >= 0.3 is 0 Å². The largest absolute Gasteiger partial charge is 0.504 e. The lowest BCUT2D eigenvalue weighted by atomic mass is 9.94. The molecule has 0 saturated heterocycles. The van der Waals surface area contributed by atoms with Crippen LogP contribution in [0, 0.1) is 5.82 Å². The third kappa shape index (κ3) is 2.06. The molecule has 84 valence electrons. The average Bonchev–Trinajstić information content (AvgIpc) is 2.10. The molecule has 1 aromatic carbocycles. The highest BCUT2D eigenvalue weighted by atomic mass is 19.1. The number of phenols is 2. The Bertz CT molecular complexity index is 370. The van der Waals surface area contributed by atoms with Gasteiger partial charge in [0.25, 0.3) is 0 Å². The molecule has 2 N–H and O–H groups in total. The fourth-order valence-corrected chi connectivity index (χ4v) is 1.65. The summed E-state index contributed by atoms with van der Waals surface area (Å²) in [7, 11) is 0. The zero-order valence-corrected chi connectivity index (χ0v) is 9.50. The standard InChI is InChI=1S/C12H17FO2/c1-6(2)8-5-9(13)10(7(3)4)12(15)11(8)14/h5-7,14-15H,1-4H3. The Kier molecular flexibility index (Phi) is 3.22. The molecular weight excluding hydrogens is 195 g/mol. The van der Waals surface area contributed by atoms with Crippen LogP contribution in [0.5, 0.6) is 11.5 Å². The van der Waals surface area contributed by atoms with E-state index in [-0.39, 0.29) is 28.9 Å². The molecule has 3 heteroatoms. The van der Waals surface area contributed by atoms with Gasteiger partial charge in [0.1, 0.15) is 5.82 Å². The van der Waals surface area contributed by atoms with Crippen molar-refractivity contribution in [2.75, 3.05) is 0 Å². The fourth-order valence-electron chi connectivity index (χ4n) is 1.65. The van der Waals surface area contributed by atoms with Crippen molar-refractivity contribution in [3.63, 3.8) is 0 Å². The lowest BCUT2D eigenvalue weighted by Gasteiger charge is -2.16. The van der Waals surface area contributed by atoms with E-state index in [1.165, 1.54) is 6.07 Å². The smallest absolute Gasteiger partial charge is 0.164 e. The summed E-state index contributed by atoms with van der Waals surface area (Å²) in [6.07, 6.45) is 0. The topological polar surface area (TPSA) is 40.5 Å². The molecule has 0 aliphatic carbocycles. The molecular formula is C12H17FO2. The second kappa shape index (κ2) is 4.09.